The lowest BCUT2D eigenvalue weighted by atomic mass is 10.1. The standard InChI is InChI=1S/C20H22FN5O/c1-27-18-8-4-16(5-9-18)11-13-23-20-25-19(14-24-26-20)22-12-10-15-2-6-17(21)7-3-15/h2-9,14H,10-13H2,1H3,(H2,22,23,25,26). The van der Waals surface area contributed by atoms with Crippen molar-refractivity contribution in [3.63, 3.8) is 0 Å². The quantitative estimate of drug-likeness (QED) is 0.604. The van der Waals surface area contributed by atoms with Gasteiger partial charge < -0.3 is 15.4 Å². The molecule has 2 N–H and O–H groups in total. The van der Waals surface area contributed by atoms with E-state index in [1.165, 1.54) is 17.7 Å². The summed E-state index contributed by atoms with van der Waals surface area (Å²) < 4.78 is 18.1. The first-order valence-electron chi connectivity index (χ1n) is 8.78. The van der Waals surface area contributed by atoms with Crippen molar-refractivity contribution in [2.24, 2.45) is 0 Å². The van der Waals surface area contributed by atoms with Crippen LogP contribution in [0.2, 0.25) is 0 Å². The van der Waals surface area contributed by atoms with Gasteiger partial charge in [0.1, 0.15) is 11.6 Å². The number of nitrogens with zero attached hydrogens (tertiary/aromatic N) is 3. The van der Waals surface area contributed by atoms with Gasteiger partial charge >= 0.3 is 0 Å². The molecule has 0 aliphatic rings. The molecule has 0 aliphatic heterocycles. The molecule has 0 bridgehead atoms. The fourth-order valence-electron chi connectivity index (χ4n) is 2.56. The van der Waals surface area contributed by atoms with Gasteiger partial charge in [-0.3, -0.25) is 0 Å². The highest BCUT2D eigenvalue weighted by molar-refractivity contribution is 5.37. The summed E-state index contributed by atoms with van der Waals surface area (Å²) in [4.78, 5) is 4.40. The average molecular weight is 367 g/mol. The van der Waals surface area contributed by atoms with Gasteiger partial charge in [-0.15, -0.1) is 5.10 Å². The minimum absolute atomic E-state index is 0.225. The largest absolute Gasteiger partial charge is 0.497 e. The number of ether oxygens (including phenoxy) is 1. The molecule has 27 heavy (non-hydrogen) atoms. The third kappa shape index (κ3) is 5.91. The van der Waals surface area contributed by atoms with Crippen molar-refractivity contribution in [1.82, 2.24) is 15.2 Å². The molecule has 0 radical (unpaired) electrons. The lowest BCUT2D eigenvalue weighted by molar-refractivity contribution is 0.414. The zero-order chi connectivity index (χ0) is 18.9. The molecule has 3 rings (SSSR count). The van der Waals surface area contributed by atoms with Crippen LogP contribution in [0.15, 0.2) is 54.7 Å². The number of hydrogen-bond donors (Lipinski definition) is 2. The minimum Gasteiger partial charge on any atom is -0.497 e. The van der Waals surface area contributed by atoms with Crippen molar-refractivity contribution < 1.29 is 9.13 Å². The van der Waals surface area contributed by atoms with Gasteiger partial charge in [0, 0.05) is 13.1 Å². The summed E-state index contributed by atoms with van der Waals surface area (Å²) in [6.45, 7) is 1.38. The Morgan fingerprint density at radius 2 is 1.52 bits per heavy atom. The molecule has 2 aromatic carbocycles. The number of hydrogen-bond acceptors (Lipinski definition) is 6. The molecular weight excluding hydrogens is 345 g/mol. The van der Waals surface area contributed by atoms with E-state index in [-0.39, 0.29) is 5.82 Å². The molecule has 3 aromatic rings. The number of anilines is 2. The summed E-state index contributed by atoms with van der Waals surface area (Å²) >= 11 is 0. The highest BCUT2D eigenvalue weighted by atomic mass is 19.1. The Labute approximate surface area is 157 Å². The van der Waals surface area contributed by atoms with Crippen LogP contribution in [-0.4, -0.2) is 35.4 Å². The number of benzene rings is 2. The van der Waals surface area contributed by atoms with Crippen LogP contribution in [0.3, 0.4) is 0 Å². The van der Waals surface area contributed by atoms with Crippen LogP contribution in [0, 0.1) is 5.82 Å². The van der Waals surface area contributed by atoms with E-state index in [4.69, 9.17) is 4.74 Å². The third-order valence-corrected chi connectivity index (χ3v) is 4.05. The molecule has 0 saturated heterocycles. The van der Waals surface area contributed by atoms with Crippen molar-refractivity contribution in [2.75, 3.05) is 30.8 Å². The predicted molar refractivity (Wildman–Crippen MR) is 104 cm³/mol. The first-order chi connectivity index (χ1) is 13.2. The highest BCUT2D eigenvalue weighted by Crippen LogP contribution is 2.12. The second-order valence-corrected chi connectivity index (χ2v) is 5.99. The number of nitrogens with one attached hydrogen (secondary N) is 2. The van der Waals surface area contributed by atoms with E-state index < -0.39 is 0 Å². The maximum Gasteiger partial charge on any atom is 0.244 e. The third-order valence-electron chi connectivity index (χ3n) is 4.05. The molecule has 0 saturated carbocycles. The van der Waals surface area contributed by atoms with Gasteiger partial charge in [-0.05, 0) is 48.2 Å². The number of halogens is 1. The van der Waals surface area contributed by atoms with E-state index in [1.807, 2.05) is 24.3 Å². The molecule has 0 unspecified atom stereocenters. The van der Waals surface area contributed by atoms with Gasteiger partial charge in [0.15, 0.2) is 5.82 Å². The maximum atomic E-state index is 12.9. The minimum atomic E-state index is -0.225. The Hall–Kier alpha value is -3.22. The first kappa shape index (κ1) is 18.6. The molecule has 0 aliphatic carbocycles. The van der Waals surface area contributed by atoms with Crippen LogP contribution in [0.1, 0.15) is 11.1 Å². The van der Waals surface area contributed by atoms with Crippen LogP contribution in [-0.2, 0) is 12.8 Å². The second-order valence-electron chi connectivity index (χ2n) is 5.99. The molecule has 140 valence electrons. The van der Waals surface area contributed by atoms with Crippen molar-refractivity contribution in [3.8, 4) is 5.75 Å². The van der Waals surface area contributed by atoms with Gasteiger partial charge in [0.05, 0.1) is 13.3 Å². The first-order valence-corrected chi connectivity index (χ1v) is 8.78. The maximum absolute atomic E-state index is 12.9. The Morgan fingerprint density at radius 1 is 0.889 bits per heavy atom. The molecule has 7 heteroatoms. The smallest absolute Gasteiger partial charge is 0.244 e. The fraction of sp³-hybridized carbons (Fsp3) is 0.250. The normalized spacial score (nSPS) is 10.4. The van der Waals surface area contributed by atoms with E-state index in [0.29, 0.717) is 24.9 Å². The Balaban J connectivity index is 1.44. The molecule has 0 atom stereocenters. The van der Waals surface area contributed by atoms with E-state index in [0.717, 1.165) is 24.2 Å². The summed E-state index contributed by atoms with van der Waals surface area (Å²) in [7, 11) is 1.65. The Morgan fingerprint density at radius 3 is 2.19 bits per heavy atom. The zero-order valence-corrected chi connectivity index (χ0v) is 15.2. The van der Waals surface area contributed by atoms with Crippen LogP contribution in [0.5, 0.6) is 5.75 Å². The molecular formula is C20H22FN5O. The molecule has 1 aromatic heterocycles. The van der Waals surface area contributed by atoms with E-state index >= 15 is 0 Å². The zero-order valence-electron chi connectivity index (χ0n) is 15.2. The number of methoxy groups -OCH3 is 1. The topological polar surface area (TPSA) is 72.0 Å². The van der Waals surface area contributed by atoms with Crippen LogP contribution in [0.25, 0.3) is 0 Å². The van der Waals surface area contributed by atoms with E-state index in [2.05, 4.69) is 25.8 Å². The molecule has 1 heterocycles. The van der Waals surface area contributed by atoms with E-state index in [9.17, 15) is 4.39 Å². The van der Waals surface area contributed by atoms with Crippen molar-refractivity contribution in [2.45, 2.75) is 12.8 Å². The van der Waals surface area contributed by atoms with Crippen LogP contribution < -0.4 is 15.4 Å². The van der Waals surface area contributed by atoms with Crippen molar-refractivity contribution in [3.05, 3.63) is 71.7 Å². The van der Waals surface area contributed by atoms with Crippen molar-refractivity contribution in [1.29, 1.82) is 0 Å². The average Bonchev–Trinajstić information content (AvgIpc) is 2.70. The van der Waals surface area contributed by atoms with Gasteiger partial charge in [0.2, 0.25) is 5.95 Å². The number of aromatic nitrogens is 3. The van der Waals surface area contributed by atoms with Crippen LogP contribution in [0.4, 0.5) is 16.2 Å². The van der Waals surface area contributed by atoms with Gasteiger partial charge in [-0.2, -0.15) is 10.1 Å². The van der Waals surface area contributed by atoms with Crippen molar-refractivity contribution >= 4 is 11.8 Å². The lowest BCUT2D eigenvalue weighted by Crippen LogP contribution is -2.12. The van der Waals surface area contributed by atoms with Gasteiger partial charge in [-0.25, -0.2) is 4.39 Å². The Bertz CT molecular complexity index is 840. The Kier molecular flexibility index (Phi) is 6.51. The SMILES string of the molecule is COc1ccc(CCNc2nncc(NCCc3ccc(F)cc3)n2)cc1. The van der Waals surface area contributed by atoms with E-state index in [1.54, 1.807) is 25.4 Å². The fourth-order valence-corrected chi connectivity index (χ4v) is 2.56. The summed E-state index contributed by atoms with van der Waals surface area (Å²) in [5, 5.41) is 14.4. The highest BCUT2D eigenvalue weighted by Gasteiger charge is 2.01. The second kappa shape index (κ2) is 9.47. The summed E-state index contributed by atoms with van der Waals surface area (Å²) in [6, 6.07) is 14.4. The van der Waals surface area contributed by atoms with Crippen LogP contribution >= 0.6 is 0 Å². The number of rotatable bonds is 9. The molecule has 0 amide bonds. The van der Waals surface area contributed by atoms with Gasteiger partial charge in [0.25, 0.3) is 0 Å². The summed E-state index contributed by atoms with van der Waals surface area (Å²) in [5.74, 6) is 1.75. The molecule has 0 spiro atoms. The predicted octanol–water partition coefficient (Wildman–Crippen LogP) is 3.33. The lowest BCUT2D eigenvalue weighted by Gasteiger charge is -2.08. The summed E-state index contributed by atoms with van der Waals surface area (Å²) in [5.41, 5.74) is 2.26. The summed E-state index contributed by atoms with van der Waals surface area (Å²) in [6.07, 6.45) is 3.19. The van der Waals surface area contributed by atoms with Gasteiger partial charge in [-0.1, -0.05) is 24.3 Å². The molecule has 0 fully saturated rings. The monoisotopic (exact) mass is 367 g/mol. The molecule has 6 nitrogen and oxygen atoms in total.